The van der Waals surface area contributed by atoms with Crippen molar-refractivity contribution in [2.75, 3.05) is 5.32 Å². The lowest BCUT2D eigenvalue weighted by molar-refractivity contribution is 0.0634. The summed E-state index contributed by atoms with van der Waals surface area (Å²) in [6.45, 7) is 6.99. The van der Waals surface area contributed by atoms with E-state index in [1.54, 1.807) is 45.9 Å². The number of anilines is 1. The van der Waals surface area contributed by atoms with Crippen LogP contribution in [0.4, 0.5) is 19.7 Å². The first kappa shape index (κ1) is 20.4. The van der Waals surface area contributed by atoms with Gasteiger partial charge in [0.15, 0.2) is 5.82 Å². The summed E-state index contributed by atoms with van der Waals surface area (Å²) in [5, 5.41) is 11.9. The van der Waals surface area contributed by atoms with Gasteiger partial charge in [0.05, 0.1) is 18.3 Å². The van der Waals surface area contributed by atoms with Crippen molar-refractivity contribution in [1.29, 1.82) is 0 Å². The molecule has 0 saturated carbocycles. The number of phenols is 1. The number of amides is 2. The fourth-order valence-corrected chi connectivity index (χ4v) is 3.02. The molecule has 8 heteroatoms. The number of carbonyl (C=O) groups excluding carboxylic acids is 2. The summed E-state index contributed by atoms with van der Waals surface area (Å²) in [6, 6.07) is 8.39. The minimum atomic E-state index is -0.771. The number of phenolic OH excluding ortho intramolecular Hbond substituents is 1. The van der Waals surface area contributed by atoms with E-state index < -0.39 is 29.6 Å². The molecule has 0 fully saturated rings. The van der Waals surface area contributed by atoms with Gasteiger partial charge in [-0.2, -0.15) is 0 Å². The van der Waals surface area contributed by atoms with Gasteiger partial charge in [-0.15, -0.1) is 0 Å². The third-order valence-corrected chi connectivity index (χ3v) is 4.41. The lowest BCUT2D eigenvalue weighted by Gasteiger charge is -2.33. The Morgan fingerprint density at radius 1 is 1.31 bits per heavy atom. The van der Waals surface area contributed by atoms with Crippen molar-refractivity contribution in [1.82, 2.24) is 4.90 Å². The molecule has 1 unspecified atom stereocenters. The average Bonchev–Trinajstić information content (AvgIpc) is 2.60. The van der Waals surface area contributed by atoms with E-state index in [4.69, 9.17) is 9.47 Å². The van der Waals surface area contributed by atoms with Gasteiger partial charge in [-0.05, 0) is 45.9 Å². The second-order valence-electron chi connectivity index (χ2n) is 7.80. The second-order valence-corrected chi connectivity index (χ2v) is 7.80. The number of hydrogen-bond donors (Lipinski definition) is 2. The van der Waals surface area contributed by atoms with Crippen molar-refractivity contribution in [3.63, 3.8) is 0 Å². The molecule has 0 aliphatic carbocycles. The Balaban J connectivity index is 1.82. The highest BCUT2D eigenvalue weighted by molar-refractivity contribution is 5.85. The molecule has 0 bridgehead atoms. The van der Waals surface area contributed by atoms with Gasteiger partial charge in [0, 0.05) is 17.2 Å². The first-order valence-electron chi connectivity index (χ1n) is 9.14. The van der Waals surface area contributed by atoms with Crippen molar-refractivity contribution >= 4 is 17.9 Å². The lowest BCUT2D eigenvalue weighted by Crippen LogP contribution is -2.39. The third kappa shape index (κ3) is 4.59. The minimum absolute atomic E-state index is 0.00925. The molecule has 2 aromatic carbocycles. The van der Waals surface area contributed by atoms with Crippen molar-refractivity contribution < 1.29 is 28.6 Å². The van der Waals surface area contributed by atoms with Gasteiger partial charge in [-0.3, -0.25) is 10.2 Å². The number of nitrogens with one attached hydrogen (secondary N) is 1. The number of rotatable bonds is 3. The molecule has 3 rings (SSSR count). The minimum Gasteiger partial charge on any atom is -0.508 e. The zero-order valence-electron chi connectivity index (χ0n) is 16.7. The number of hydrogen-bond acceptors (Lipinski definition) is 5. The maximum atomic E-state index is 15.1. The molecule has 0 saturated heterocycles. The Bertz CT molecular complexity index is 955. The molecule has 1 aliphatic rings. The van der Waals surface area contributed by atoms with Crippen molar-refractivity contribution in [2.24, 2.45) is 0 Å². The SMILES string of the molecule is CC(c1cccc(NC(=O)OC(C)(C)C)c1F)N1Cc2ccc(O)cc2OC1=O. The molecule has 154 valence electrons. The quantitative estimate of drug-likeness (QED) is 0.758. The largest absolute Gasteiger partial charge is 0.508 e. The van der Waals surface area contributed by atoms with Crippen LogP contribution >= 0.6 is 0 Å². The number of nitrogens with zero attached hydrogens (tertiary/aromatic N) is 1. The van der Waals surface area contributed by atoms with E-state index in [-0.39, 0.29) is 29.3 Å². The first-order chi connectivity index (χ1) is 13.5. The smallest absolute Gasteiger partial charge is 0.416 e. The molecule has 0 radical (unpaired) electrons. The van der Waals surface area contributed by atoms with Gasteiger partial charge < -0.3 is 14.6 Å². The zero-order valence-corrected chi connectivity index (χ0v) is 16.7. The molecular formula is C21H23FN2O5. The number of carbonyl (C=O) groups is 2. The average molecular weight is 402 g/mol. The van der Waals surface area contributed by atoms with E-state index in [0.717, 1.165) is 0 Å². The molecular weight excluding hydrogens is 379 g/mol. The summed E-state index contributed by atoms with van der Waals surface area (Å²) in [4.78, 5) is 25.8. The van der Waals surface area contributed by atoms with Crippen LogP contribution in [0.15, 0.2) is 36.4 Å². The highest BCUT2D eigenvalue weighted by Crippen LogP contribution is 2.35. The standard InChI is InChI=1S/C21H23FN2O5/c1-12(24-11-13-8-9-14(25)10-17(13)28-20(24)27)15-6-5-7-16(18(15)22)23-19(26)29-21(2,3)4/h5-10,12,25H,11H2,1-4H3,(H,23,26). The van der Waals surface area contributed by atoms with Gasteiger partial charge in [-0.1, -0.05) is 12.1 Å². The van der Waals surface area contributed by atoms with Crippen LogP contribution in [0.5, 0.6) is 11.5 Å². The summed E-state index contributed by atoms with van der Waals surface area (Å²) < 4.78 is 25.5. The van der Waals surface area contributed by atoms with E-state index in [2.05, 4.69) is 5.32 Å². The van der Waals surface area contributed by atoms with E-state index in [1.165, 1.54) is 23.1 Å². The van der Waals surface area contributed by atoms with Crippen LogP contribution in [0.2, 0.25) is 0 Å². The van der Waals surface area contributed by atoms with E-state index in [0.29, 0.717) is 5.56 Å². The summed E-state index contributed by atoms with van der Waals surface area (Å²) in [6.07, 6.45) is -1.42. The Morgan fingerprint density at radius 3 is 2.72 bits per heavy atom. The number of fused-ring (bicyclic) bond motifs is 1. The fourth-order valence-electron chi connectivity index (χ4n) is 3.02. The predicted molar refractivity (Wildman–Crippen MR) is 104 cm³/mol. The van der Waals surface area contributed by atoms with Crippen molar-refractivity contribution in [3.05, 3.63) is 53.3 Å². The molecule has 2 aromatic rings. The molecule has 7 nitrogen and oxygen atoms in total. The maximum absolute atomic E-state index is 15.1. The van der Waals surface area contributed by atoms with Gasteiger partial charge in [0.1, 0.15) is 17.1 Å². The van der Waals surface area contributed by atoms with Crippen molar-refractivity contribution in [3.8, 4) is 11.5 Å². The monoisotopic (exact) mass is 402 g/mol. The van der Waals surface area contributed by atoms with Crippen LogP contribution < -0.4 is 10.1 Å². The normalized spacial score (nSPS) is 14.7. The van der Waals surface area contributed by atoms with Gasteiger partial charge in [0.25, 0.3) is 0 Å². The summed E-state index contributed by atoms with van der Waals surface area (Å²) in [7, 11) is 0. The topological polar surface area (TPSA) is 88.1 Å². The number of aromatic hydroxyl groups is 1. The van der Waals surface area contributed by atoms with E-state index in [1.807, 2.05) is 0 Å². The highest BCUT2D eigenvalue weighted by atomic mass is 19.1. The molecule has 1 atom stereocenters. The molecule has 29 heavy (non-hydrogen) atoms. The van der Waals surface area contributed by atoms with Gasteiger partial charge in [-0.25, -0.2) is 14.0 Å². The highest BCUT2D eigenvalue weighted by Gasteiger charge is 2.31. The Hall–Kier alpha value is -3.29. The maximum Gasteiger partial charge on any atom is 0.416 e. The van der Waals surface area contributed by atoms with Crippen LogP contribution in [0, 0.1) is 5.82 Å². The van der Waals surface area contributed by atoms with Crippen LogP contribution in [0.1, 0.15) is 44.9 Å². The van der Waals surface area contributed by atoms with Crippen LogP contribution in [-0.2, 0) is 11.3 Å². The van der Waals surface area contributed by atoms with E-state index in [9.17, 15) is 14.7 Å². The molecule has 0 spiro atoms. The number of benzene rings is 2. The van der Waals surface area contributed by atoms with Gasteiger partial charge >= 0.3 is 12.2 Å². The first-order valence-corrected chi connectivity index (χ1v) is 9.14. The molecule has 1 aliphatic heterocycles. The Labute approximate surface area is 168 Å². The Morgan fingerprint density at radius 2 is 2.03 bits per heavy atom. The third-order valence-electron chi connectivity index (χ3n) is 4.41. The molecule has 2 amide bonds. The fraction of sp³-hybridized carbons (Fsp3) is 0.333. The van der Waals surface area contributed by atoms with E-state index >= 15 is 4.39 Å². The van der Waals surface area contributed by atoms with Crippen LogP contribution in [0.25, 0.3) is 0 Å². The number of ether oxygens (including phenoxy) is 2. The molecule has 2 N–H and O–H groups in total. The number of halogens is 1. The second kappa shape index (κ2) is 7.62. The van der Waals surface area contributed by atoms with Crippen LogP contribution in [0.3, 0.4) is 0 Å². The van der Waals surface area contributed by atoms with Gasteiger partial charge in [0.2, 0.25) is 0 Å². The lowest BCUT2D eigenvalue weighted by atomic mass is 10.0. The predicted octanol–water partition coefficient (Wildman–Crippen LogP) is 4.95. The summed E-state index contributed by atoms with van der Waals surface area (Å²) in [5.41, 5.74) is 0.153. The van der Waals surface area contributed by atoms with Crippen LogP contribution in [-0.4, -0.2) is 27.8 Å². The molecule has 0 aromatic heterocycles. The molecule has 1 heterocycles. The van der Waals surface area contributed by atoms with Crippen molar-refractivity contribution in [2.45, 2.75) is 45.9 Å². The summed E-state index contributed by atoms with van der Waals surface area (Å²) >= 11 is 0. The Kier molecular flexibility index (Phi) is 5.37. The summed E-state index contributed by atoms with van der Waals surface area (Å²) in [5.74, 6) is -0.389. The zero-order chi connectivity index (χ0) is 21.3.